The Hall–Kier alpha value is 0.1000. The molecule has 2 fully saturated rings. The van der Waals surface area contributed by atoms with E-state index < -0.39 is 0 Å². The second-order valence-electron chi connectivity index (χ2n) is 6.02. The number of hydrogen-bond acceptors (Lipinski definition) is 3. The Morgan fingerprint density at radius 3 is 2.84 bits per heavy atom. The molecule has 2 nitrogen and oxygen atoms in total. The molecule has 106 valence electrons. The van der Waals surface area contributed by atoms with Gasteiger partial charge in [0.15, 0.2) is 0 Å². The summed E-state index contributed by atoms with van der Waals surface area (Å²) in [7, 11) is 0. The summed E-state index contributed by atoms with van der Waals surface area (Å²) in [6.07, 6.45) is 8.27. The summed E-state index contributed by atoms with van der Waals surface area (Å²) in [5.41, 5.74) is 0.415. The van der Waals surface area contributed by atoms with Crippen LogP contribution in [0.3, 0.4) is 0 Å². The lowest BCUT2D eigenvalue weighted by Crippen LogP contribution is -2.52. The molecule has 0 aromatic carbocycles. The summed E-state index contributed by atoms with van der Waals surface area (Å²) < 4.78 is 1.28. The standard InChI is InChI=1S/C15H23BrN2S/c16-13-5-10-19-14(13)11-18-9-4-8-17-15(12-18)6-2-1-3-7-15/h5,10,17H,1-4,6-9,11-12H2. The molecule has 1 N–H and O–H groups in total. The van der Waals surface area contributed by atoms with Crippen LogP contribution in [0.15, 0.2) is 15.9 Å². The van der Waals surface area contributed by atoms with E-state index in [2.05, 4.69) is 37.6 Å². The minimum atomic E-state index is 0.415. The number of rotatable bonds is 2. The van der Waals surface area contributed by atoms with Crippen molar-refractivity contribution in [3.05, 3.63) is 20.8 Å². The van der Waals surface area contributed by atoms with Gasteiger partial charge in [0.2, 0.25) is 0 Å². The maximum Gasteiger partial charge on any atom is 0.0340 e. The maximum absolute atomic E-state index is 3.87. The molecule has 1 aliphatic heterocycles. The summed E-state index contributed by atoms with van der Waals surface area (Å²) in [5.74, 6) is 0. The number of nitrogens with zero attached hydrogens (tertiary/aromatic N) is 1. The SMILES string of the molecule is Brc1ccsc1CN1CCCNC2(CCCCC2)C1. The lowest BCUT2D eigenvalue weighted by molar-refractivity contribution is 0.160. The molecule has 1 aromatic rings. The van der Waals surface area contributed by atoms with Crippen LogP contribution in [0.1, 0.15) is 43.4 Å². The van der Waals surface area contributed by atoms with E-state index in [0.717, 1.165) is 6.54 Å². The fourth-order valence-corrected chi connectivity index (χ4v) is 5.08. The normalized spacial score (nSPS) is 24.5. The van der Waals surface area contributed by atoms with Gasteiger partial charge in [-0.15, -0.1) is 11.3 Å². The van der Waals surface area contributed by atoms with Gasteiger partial charge in [-0.25, -0.2) is 0 Å². The topological polar surface area (TPSA) is 15.3 Å². The van der Waals surface area contributed by atoms with E-state index in [0.29, 0.717) is 5.54 Å². The molecule has 0 amide bonds. The first-order valence-electron chi connectivity index (χ1n) is 7.47. The molecule has 2 heterocycles. The Bertz CT molecular complexity index is 412. The zero-order chi connectivity index (χ0) is 13.1. The van der Waals surface area contributed by atoms with Crippen LogP contribution in [-0.4, -0.2) is 30.1 Å². The van der Waals surface area contributed by atoms with Crippen LogP contribution >= 0.6 is 27.3 Å². The van der Waals surface area contributed by atoms with Gasteiger partial charge >= 0.3 is 0 Å². The van der Waals surface area contributed by atoms with Gasteiger partial charge in [-0.1, -0.05) is 19.3 Å². The van der Waals surface area contributed by atoms with Crippen LogP contribution in [0.2, 0.25) is 0 Å². The van der Waals surface area contributed by atoms with E-state index in [-0.39, 0.29) is 0 Å². The third-order valence-electron chi connectivity index (χ3n) is 4.55. The molecule has 19 heavy (non-hydrogen) atoms. The Kier molecular flexibility index (Phi) is 4.62. The van der Waals surface area contributed by atoms with Crippen LogP contribution in [0, 0.1) is 0 Å². The van der Waals surface area contributed by atoms with Crippen molar-refractivity contribution in [3.63, 3.8) is 0 Å². The summed E-state index contributed by atoms with van der Waals surface area (Å²) in [5, 5.41) is 6.06. The number of halogens is 1. The van der Waals surface area contributed by atoms with Crippen molar-refractivity contribution in [1.82, 2.24) is 10.2 Å². The maximum atomic E-state index is 3.87. The van der Waals surface area contributed by atoms with Crippen molar-refractivity contribution < 1.29 is 0 Å². The first-order valence-corrected chi connectivity index (χ1v) is 9.14. The highest BCUT2D eigenvalue weighted by Crippen LogP contribution is 2.32. The zero-order valence-corrected chi connectivity index (χ0v) is 13.9. The van der Waals surface area contributed by atoms with Crippen LogP contribution < -0.4 is 5.32 Å². The summed E-state index contributed by atoms with van der Waals surface area (Å²) in [4.78, 5) is 4.15. The first-order chi connectivity index (χ1) is 9.27. The van der Waals surface area contributed by atoms with Crippen LogP contribution in [0.5, 0.6) is 0 Å². The van der Waals surface area contributed by atoms with Gasteiger partial charge < -0.3 is 5.32 Å². The summed E-state index contributed by atoms with van der Waals surface area (Å²) in [6, 6.07) is 2.17. The van der Waals surface area contributed by atoms with Gasteiger partial charge in [0, 0.05) is 28.0 Å². The average molecular weight is 343 g/mol. The van der Waals surface area contributed by atoms with Crippen LogP contribution in [-0.2, 0) is 6.54 Å². The Morgan fingerprint density at radius 2 is 2.11 bits per heavy atom. The summed E-state index contributed by atoms with van der Waals surface area (Å²) in [6.45, 7) is 4.78. The Balaban J connectivity index is 1.69. The van der Waals surface area contributed by atoms with Crippen molar-refractivity contribution in [3.8, 4) is 0 Å². The lowest BCUT2D eigenvalue weighted by Gasteiger charge is -2.40. The van der Waals surface area contributed by atoms with E-state index in [9.17, 15) is 0 Å². The van der Waals surface area contributed by atoms with E-state index in [1.54, 1.807) is 0 Å². The van der Waals surface area contributed by atoms with Crippen molar-refractivity contribution in [2.75, 3.05) is 19.6 Å². The van der Waals surface area contributed by atoms with Crippen molar-refractivity contribution in [2.24, 2.45) is 0 Å². The molecular formula is C15H23BrN2S. The monoisotopic (exact) mass is 342 g/mol. The largest absolute Gasteiger partial charge is 0.310 e. The van der Waals surface area contributed by atoms with Crippen LogP contribution in [0.4, 0.5) is 0 Å². The molecule has 1 aliphatic carbocycles. The summed E-state index contributed by atoms with van der Waals surface area (Å²) >= 11 is 5.54. The molecule has 1 saturated carbocycles. The van der Waals surface area contributed by atoms with E-state index in [1.807, 2.05) is 11.3 Å². The van der Waals surface area contributed by atoms with Crippen LogP contribution in [0.25, 0.3) is 0 Å². The zero-order valence-electron chi connectivity index (χ0n) is 11.5. The lowest BCUT2D eigenvalue weighted by atomic mass is 9.81. The number of thiophene rings is 1. The molecule has 0 radical (unpaired) electrons. The minimum Gasteiger partial charge on any atom is -0.310 e. The number of nitrogens with one attached hydrogen (secondary N) is 1. The molecule has 0 bridgehead atoms. The molecule has 1 saturated heterocycles. The Labute approximate surface area is 128 Å². The third kappa shape index (κ3) is 3.41. The average Bonchev–Trinajstić information content (AvgIpc) is 2.71. The van der Waals surface area contributed by atoms with E-state index in [4.69, 9.17) is 0 Å². The van der Waals surface area contributed by atoms with Crippen molar-refractivity contribution >= 4 is 27.3 Å². The smallest absolute Gasteiger partial charge is 0.0340 e. The third-order valence-corrected chi connectivity index (χ3v) is 6.46. The second kappa shape index (κ2) is 6.25. The minimum absolute atomic E-state index is 0.415. The van der Waals surface area contributed by atoms with Gasteiger partial charge in [-0.05, 0) is 59.7 Å². The fraction of sp³-hybridized carbons (Fsp3) is 0.733. The highest BCUT2D eigenvalue weighted by molar-refractivity contribution is 9.10. The highest BCUT2D eigenvalue weighted by atomic mass is 79.9. The molecular weight excluding hydrogens is 320 g/mol. The van der Waals surface area contributed by atoms with Gasteiger partial charge in [0.1, 0.15) is 0 Å². The van der Waals surface area contributed by atoms with Gasteiger partial charge in [0.25, 0.3) is 0 Å². The van der Waals surface area contributed by atoms with Crippen molar-refractivity contribution in [1.29, 1.82) is 0 Å². The first kappa shape index (κ1) is 14.1. The van der Waals surface area contributed by atoms with E-state index in [1.165, 1.54) is 67.5 Å². The molecule has 1 aromatic heterocycles. The van der Waals surface area contributed by atoms with Gasteiger partial charge in [-0.2, -0.15) is 0 Å². The molecule has 1 spiro atoms. The molecule has 3 rings (SSSR count). The predicted molar refractivity (Wildman–Crippen MR) is 85.7 cm³/mol. The fourth-order valence-electron chi connectivity index (χ4n) is 3.56. The molecule has 4 heteroatoms. The molecule has 2 aliphatic rings. The van der Waals surface area contributed by atoms with Gasteiger partial charge in [0.05, 0.1) is 0 Å². The number of hydrogen-bond donors (Lipinski definition) is 1. The molecule has 0 atom stereocenters. The predicted octanol–water partition coefficient (Wildman–Crippen LogP) is 4.01. The second-order valence-corrected chi connectivity index (χ2v) is 7.88. The Morgan fingerprint density at radius 1 is 1.26 bits per heavy atom. The van der Waals surface area contributed by atoms with E-state index >= 15 is 0 Å². The quantitative estimate of drug-likeness (QED) is 0.873. The molecule has 0 unspecified atom stereocenters. The highest BCUT2D eigenvalue weighted by Gasteiger charge is 2.34. The van der Waals surface area contributed by atoms with Gasteiger partial charge in [-0.3, -0.25) is 4.90 Å². The van der Waals surface area contributed by atoms with Crippen molar-refractivity contribution in [2.45, 2.75) is 50.6 Å².